The number of halogens is 1. The van der Waals surface area contributed by atoms with Crippen LogP contribution in [0, 0.1) is 5.92 Å². The summed E-state index contributed by atoms with van der Waals surface area (Å²) in [5, 5.41) is 5.97. The third kappa shape index (κ3) is 3.98. The van der Waals surface area contributed by atoms with Gasteiger partial charge in [0.25, 0.3) is 5.56 Å². The number of carbonyl (C=O) groups is 1. The van der Waals surface area contributed by atoms with Gasteiger partial charge < -0.3 is 20.1 Å². The minimum atomic E-state index is -0.469. The van der Waals surface area contributed by atoms with Crippen LogP contribution >= 0.6 is 11.6 Å². The molecule has 2 bridgehead atoms. The molecule has 0 spiro atoms. The average molecular weight is 437 g/mol. The number of amides is 2. The average Bonchev–Trinajstić information content (AvgIpc) is 2.78. The maximum atomic E-state index is 13.1. The number of hydrogen-bond donors (Lipinski definition) is 2. The minimum Gasteiger partial charge on any atom is -0.340 e. The number of rotatable bonds is 3. The van der Waals surface area contributed by atoms with Crippen LogP contribution < -0.4 is 21.1 Å². The van der Waals surface area contributed by atoms with Crippen LogP contribution in [0.1, 0.15) is 18.0 Å². The van der Waals surface area contributed by atoms with Crippen LogP contribution in [-0.2, 0) is 6.54 Å². The normalized spacial score (nSPS) is 19.5. The van der Waals surface area contributed by atoms with E-state index in [2.05, 4.69) is 25.5 Å². The summed E-state index contributed by atoms with van der Waals surface area (Å²) >= 11 is 5.87. The van der Waals surface area contributed by atoms with Crippen molar-refractivity contribution >= 4 is 35.0 Å². The number of hydrogen-bond acceptors (Lipinski definition) is 5. The summed E-state index contributed by atoms with van der Waals surface area (Å²) in [4.78, 5) is 36.4. The summed E-state index contributed by atoms with van der Waals surface area (Å²) in [7, 11) is 0. The van der Waals surface area contributed by atoms with E-state index < -0.39 is 6.03 Å². The number of carbonyl (C=O) groups excluding carboxylic acids is 1. The summed E-state index contributed by atoms with van der Waals surface area (Å²) < 4.78 is 1.81. The Kier molecular flexibility index (Phi) is 5.07. The van der Waals surface area contributed by atoms with E-state index in [4.69, 9.17) is 11.6 Å². The highest BCUT2D eigenvalue weighted by atomic mass is 35.5. The van der Waals surface area contributed by atoms with E-state index in [-0.39, 0.29) is 17.2 Å². The first-order valence-corrected chi connectivity index (χ1v) is 10.5. The van der Waals surface area contributed by atoms with Crippen LogP contribution in [-0.4, -0.2) is 33.7 Å². The second kappa shape index (κ2) is 8.03. The van der Waals surface area contributed by atoms with Crippen LogP contribution in [0.3, 0.4) is 0 Å². The minimum absolute atomic E-state index is 0.178. The zero-order valence-electron chi connectivity index (χ0n) is 16.7. The Bertz CT molecular complexity index is 1160. The third-order valence-corrected chi connectivity index (χ3v) is 6.04. The molecule has 2 atom stereocenters. The van der Waals surface area contributed by atoms with Crippen molar-refractivity contribution in [3.8, 4) is 0 Å². The molecule has 5 rings (SSSR count). The Labute approximate surface area is 183 Å². The summed E-state index contributed by atoms with van der Waals surface area (Å²) in [5.41, 5.74) is 1.67. The zero-order valence-corrected chi connectivity index (χ0v) is 17.4. The quantitative estimate of drug-likeness (QED) is 0.655. The summed E-state index contributed by atoms with van der Waals surface area (Å²) in [6, 6.07) is 11.7. The number of piperidine rings is 1. The predicted octanol–water partition coefficient (Wildman–Crippen LogP) is 3.56. The molecule has 8 nitrogen and oxygen atoms in total. The van der Waals surface area contributed by atoms with E-state index in [1.165, 1.54) is 0 Å². The highest BCUT2D eigenvalue weighted by molar-refractivity contribution is 6.30. The van der Waals surface area contributed by atoms with E-state index in [0.717, 1.165) is 31.2 Å². The number of aromatic nitrogens is 3. The predicted molar refractivity (Wildman–Crippen MR) is 120 cm³/mol. The van der Waals surface area contributed by atoms with Crippen molar-refractivity contribution in [2.75, 3.05) is 28.6 Å². The van der Waals surface area contributed by atoms with E-state index in [9.17, 15) is 9.59 Å². The molecule has 9 heteroatoms. The molecule has 1 saturated heterocycles. The number of nitrogens with one attached hydrogen (secondary N) is 2. The lowest BCUT2D eigenvalue weighted by atomic mass is 9.83. The van der Waals surface area contributed by atoms with Crippen LogP contribution in [0.25, 0.3) is 0 Å². The Morgan fingerprint density at radius 2 is 1.77 bits per heavy atom. The molecule has 1 aromatic carbocycles. The van der Waals surface area contributed by atoms with Gasteiger partial charge in [-0.15, -0.1) is 0 Å². The van der Waals surface area contributed by atoms with Gasteiger partial charge in [0.15, 0.2) is 0 Å². The fourth-order valence-electron chi connectivity index (χ4n) is 4.48. The van der Waals surface area contributed by atoms with Gasteiger partial charge in [-0.1, -0.05) is 11.6 Å². The van der Waals surface area contributed by atoms with Crippen molar-refractivity contribution in [2.45, 2.75) is 18.9 Å². The smallest absolute Gasteiger partial charge is 0.323 e. The van der Waals surface area contributed by atoms with Crippen LogP contribution in [0.5, 0.6) is 0 Å². The zero-order chi connectivity index (χ0) is 21.4. The molecular formula is C22H21ClN6O2. The molecule has 0 saturated carbocycles. The number of anilines is 3. The van der Waals surface area contributed by atoms with Crippen molar-refractivity contribution in [2.24, 2.45) is 5.92 Å². The fraction of sp³-hybridized carbons (Fsp3) is 0.273. The standard InChI is InChI=1S/C22H21ClN6O2/c23-16-2-4-17(5-3-16)26-22(31)27-18-6-7-19-15-10-14(12-29(19)20(18)30)11-28(13-15)21-24-8-1-9-25-21/h1-9,14-15H,10-13H2,(H2,26,27,31). The van der Waals surface area contributed by atoms with Gasteiger partial charge in [0, 0.05) is 54.3 Å². The molecule has 158 valence electrons. The summed E-state index contributed by atoms with van der Waals surface area (Å²) in [5.74, 6) is 1.28. The Hall–Kier alpha value is -3.39. The third-order valence-electron chi connectivity index (χ3n) is 5.79. The lowest BCUT2D eigenvalue weighted by Gasteiger charge is -2.42. The monoisotopic (exact) mass is 436 g/mol. The van der Waals surface area contributed by atoms with Crippen LogP contribution in [0.4, 0.5) is 22.1 Å². The fourth-order valence-corrected chi connectivity index (χ4v) is 4.60. The lowest BCUT2D eigenvalue weighted by molar-refractivity contribution is 0.262. The van der Waals surface area contributed by atoms with Gasteiger partial charge in [0.05, 0.1) is 0 Å². The molecule has 0 aliphatic carbocycles. The van der Waals surface area contributed by atoms with Gasteiger partial charge in [0.2, 0.25) is 5.95 Å². The van der Waals surface area contributed by atoms with Gasteiger partial charge in [0.1, 0.15) is 5.69 Å². The van der Waals surface area contributed by atoms with E-state index in [1.54, 1.807) is 53.4 Å². The number of benzene rings is 1. The second-order valence-corrected chi connectivity index (χ2v) is 8.36. The lowest BCUT2D eigenvalue weighted by Crippen LogP contribution is -2.48. The molecule has 2 aliphatic rings. The molecule has 0 radical (unpaired) electrons. The van der Waals surface area contributed by atoms with Gasteiger partial charge in [-0.25, -0.2) is 14.8 Å². The Morgan fingerprint density at radius 3 is 2.55 bits per heavy atom. The molecule has 2 amide bonds. The summed E-state index contributed by atoms with van der Waals surface area (Å²) in [6.07, 6.45) is 4.53. The second-order valence-electron chi connectivity index (χ2n) is 7.93. The maximum absolute atomic E-state index is 13.1. The first-order valence-electron chi connectivity index (χ1n) is 10.2. The van der Waals surface area contributed by atoms with Crippen molar-refractivity contribution in [3.63, 3.8) is 0 Å². The van der Waals surface area contributed by atoms with E-state index in [0.29, 0.717) is 23.2 Å². The summed E-state index contributed by atoms with van der Waals surface area (Å²) in [6.45, 7) is 2.19. The van der Waals surface area contributed by atoms with Gasteiger partial charge >= 0.3 is 6.03 Å². The van der Waals surface area contributed by atoms with Crippen molar-refractivity contribution < 1.29 is 4.79 Å². The molecule has 2 aliphatic heterocycles. The molecule has 3 aromatic rings. The number of fused-ring (bicyclic) bond motifs is 4. The van der Waals surface area contributed by atoms with E-state index in [1.807, 2.05) is 6.07 Å². The Morgan fingerprint density at radius 1 is 1.00 bits per heavy atom. The Balaban J connectivity index is 1.34. The first-order chi connectivity index (χ1) is 15.1. The number of pyridine rings is 1. The number of nitrogens with zero attached hydrogens (tertiary/aromatic N) is 4. The molecule has 2 unspecified atom stereocenters. The van der Waals surface area contributed by atoms with Gasteiger partial charge in [-0.2, -0.15) is 0 Å². The number of urea groups is 1. The van der Waals surface area contributed by atoms with Crippen molar-refractivity contribution in [1.82, 2.24) is 14.5 Å². The van der Waals surface area contributed by atoms with Gasteiger partial charge in [-0.3, -0.25) is 4.79 Å². The SMILES string of the molecule is O=C(Nc1ccc(Cl)cc1)Nc1ccc2n(c1=O)CC1CC2CN(c2ncccn2)C1. The molecule has 4 heterocycles. The first kappa shape index (κ1) is 19.6. The molecule has 2 N–H and O–H groups in total. The van der Waals surface area contributed by atoms with Crippen LogP contribution in [0.15, 0.2) is 59.7 Å². The van der Waals surface area contributed by atoms with Crippen molar-refractivity contribution in [3.05, 3.63) is 75.9 Å². The van der Waals surface area contributed by atoms with E-state index >= 15 is 0 Å². The highest BCUT2D eigenvalue weighted by Gasteiger charge is 2.35. The van der Waals surface area contributed by atoms with Gasteiger partial charge in [-0.05, 0) is 54.8 Å². The molecule has 1 fully saturated rings. The molecule has 2 aromatic heterocycles. The highest BCUT2D eigenvalue weighted by Crippen LogP contribution is 2.36. The maximum Gasteiger partial charge on any atom is 0.323 e. The topological polar surface area (TPSA) is 92.2 Å². The molecule has 31 heavy (non-hydrogen) atoms. The van der Waals surface area contributed by atoms with Crippen molar-refractivity contribution in [1.29, 1.82) is 0 Å². The largest absolute Gasteiger partial charge is 0.340 e. The molecular weight excluding hydrogens is 416 g/mol. The van der Waals surface area contributed by atoms with Crippen LogP contribution in [0.2, 0.25) is 5.02 Å².